The minimum atomic E-state index is -0.496. The van der Waals surface area contributed by atoms with Gasteiger partial charge in [-0.25, -0.2) is 0 Å². The first-order valence-electron chi connectivity index (χ1n) is 10.2. The van der Waals surface area contributed by atoms with Crippen molar-refractivity contribution in [1.82, 2.24) is 15.8 Å². The molecule has 2 aromatic rings. The van der Waals surface area contributed by atoms with E-state index in [1.54, 1.807) is 0 Å². The molecule has 0 bridgehead atoms. The van der Waals surface area contributed by atoms with Crippen molar-refractivity contribution in [3.63, 3.8) is 0 Å². The topological polar surface area (TPSA) is 98.7 Å². The largest absolute Gasteiger partial charge is 0.508 e. The van der Waals surface area contributed by atoms with E-state index in [0.29, 0.717) is 27.8 Å². The van der Waals surface area contributed by atoms with Crippen molar-refractivity contribution in [2.75, 3.05) is 6.54 Å². The summed E-state index contributed by atoms with van der Waals surface area (Å²) in [6.07, 6.45) is 4.31. The van der Waals surface area contributed by atoms with Crippen molar-refractivity contribution in [3.8, 4) is 5.75 Å². The Morgan fingerprint density at radius 2 is 1.79 bits per heavy atom. The summed E-state index contributed by atoms with van der Waals surface area (Å²) in [6, 6.07) is 15.5. The molecule has 33 heavy (non-hydrogen) atoms. The first-order valence-corrected chi connectivity index (χ1v) is 11.4. The number of rotatable bonds is 7. The Hall–Kier alpha value is -3.43. The number of nitrogens with one attached hydrogen (secondary N) is 2. The number of thioether (sulfide) groups is 1. The van der Waals surface area contributed by atoms with Crippen LogP contribution in [0.15, 0.2) is 71.2 Å². The Balaban J connectivity index is 1.46. The van der Waals surface area contributed by atoms with E-state index in [4.69, 9.17) is 12.2 Å². The number of aromatic hydroxyl groups is 1. The fourth-order valence-corrected chi connectivity index (χ4v) is 4.38. The second-order valence-corrected chi connectivity index (χ2v) is 8.96. The Bertz CT molecular complexity index is 1110. The fraction of sp³-hybridized carbons (Fsp3) is 0.167. The van der Waals surface area contributed by atoms with Gasteiger partial charge in [0.25, 0.3) is 11.8 Å². The van der Waals surface area contributed by atoms with Crippen molar-refractivity contribution < 1.29 is 19.5 Å². The summed E-state index contributed by atoms with van der Waals surface area (Å²) in [5, 5.41) is 9.25. The Kier molecular flexibility index (Phi) is 8.39. The first kappa shape index (κ1) is 24.2. The van der Waals surface area contributed by atoms with E-state index in [0.717, 1.165) is 11.1 Å². The molecular weight excluding hydrogens is 458 g/mol. The summed E-state index contributed by atoms with van der Waals surface area (Å²) in [5.41, 5.74) is 6.94. The molecular formula is C24H23N3O4S2. The Labute approximate surface area is 201 Å². The van der Waals surface area contributed by atoms with Gasteiger partial charge in [-0.1, -0.05) is 60.4 Å². The van der Waals surface area contributed by atoms with E-state index in [1.807, 2.05) is 49.4 Å². The number of hydrogen-bond acceptors (Lipinski definition) is 6. The van der Waals surface area contributed by atoms with Crippen molar-refractivity contribution >= 4 is 52.1 Å². The molecule has 7 nitrogen and oxygen atoms in total. The maximum Gasteiger partial charge on any atom is 0.269 e. The van der Waals surface area contributed by atoms with Gasteiger partial charge in [-0.2, -0.15) is 0 Å². The highest BCUT2D eigenvalue weighted by atomic mass is 32.2. The molecule has 0 spiro atoms. The van der Waals surface area contributed by atoms with E-state index >= 15 is 0 Å². The number of phenols is 1. The van der Waals surface area contributed by atoms with Crippen molar-refractivity contribution in [1.29, 1.82) is 0 Å². The maximum absolute atomic E-state index is 12.7. The van der Waals surface area contributed by atoms with Crippen LogP contribution in [0.4, 0.5) is 0 Å². The first-order chi connectivity index (χ1) is 15.8. The normalized spacial score (nSPS) is 15.1. The molecule has 1 saturated heterocycles. The van der Waals surface area contributed by atoms with Crippen LogP contribution in [0, 0.1) is 0 Å². The number of thiocarbonyl (C=S) groups is 1. The molecule has 0 atom stereocenters. The number of benzene rings is 2. The zero-order valence-corrected chi connectivity index (χ0v) is 19.5. The van der Waals surface area contributed by atoms with Crippen LogP contribution in [0.25, 0.3) is 6.08 Å². The van der Waals surface area contributed by atoms with E-state index in [1.165, 1.54) is 40.9 Å². The second-order valence-electron chi connectivity index (χ2n) is 7.29. The van der Waals surface area contributed by atoms with Crippen LogP contribution >= 0.6 is 24.0 Å². The molecule has 0 unspecified atom stereocenters. The second kappa shape index (κ2) is 11.4. The van der Waals surface area contributed by atoms with E-state index < -0.39 is 5.91 Å². The average Bonchev–Trinajstić information content (AvgIpc) is 3.05. The number of carbonyl (C=O) groups excluding carboxylic acids is 3. The van der Waals surface area contributed by atoms with Gasteiger partial charge in [0.15, 0.2) is 0 Å². The predicted molar refractivity (Wildman–Crippen MR) is 133 cm³/mol. The lowest BCUT2D eigenvalue weighted by atomic mass is 10.1. The third-order valence-corrected chi connectivity index (χ3v) is 6.03. The third kappa shape index (κ3) is 7.03. The smallest absolute Gasteiger partial charge is 0.269 e. The van der Waals surface area contributed by atoms with Crippen molar-refractivity contribution in [2.24, 2.45) is 0 Å². The molecule has 1 heterocycles. The lowest BCUT2D eigenvalue weighted by Crippen LogP contribution is -2.41. The van der Waals surface area contributed by atoms with Gasteiger partial charge in [0.2, 0.25) is 5.91 Å². The molecule has 1 aliphatic rings. The summed E-state index contributed by atoms with van der Waals surface area (Å²) < 4.78 is 0.458. The summed E-state index contributed by atoms with van der Waals surface area (Å²) in [5.74, 6) is -1.01. The lowest BCUT2D eigenvalue weighted by molar-refractivity contribution is -0.124. The molecule has 0 saturated carbocycles. The van der Waals surface area contributed by atoms with Gasteiger partial charge >= 0.3 is 0 Å². The summed E-state index contributed by atoms with van der Waals surface area (Å²) >= 11 is 6.58. The molecule has 1 aliphatic heterocycles. The Morgan fingerprint density at radius 1 is 1.09 bits per heavy atom. The zero-order chi connectivity index (χ0) is 23.8. The number of carbonyl (C=O) groups is 3. The Morgan fingerprint density at radius 3 is 2.48 bits per heavy atom. The van der Waals surface area contributed by atoms with Gasteiger partial charge < -0.3 is 5.11 Å². The van der Waals surface area contributed by atoms with Crippen LogP contribution in [0.3, 0.4) is 0 Å². The SMILES string of the molecule is CC(=Cc1ccccc1)C=C1SC(=S)N(CCCC(=O)NNC(=O)c2ccc(O)cc2)C1=O. The van der Waals surface area contributed by atoms with Crippen molar-refractivity contribution in [3.05, 3.63) is 82.3 Å². The van der Waals surface area contributed by atoms with Gasteiger partial charge in [-0.3, -0.25) is 30.1 Å². The highest BCUT2D eigenvalue weighted by Crippen LogP contribution is 2.32. The molecule has 3 N–H and O–H groups in total. The van der Waals surface area contributed by atoms with Crippen LogP contribution < -0.4 is 10.9 Å². The highest BCUT2D eigenvalue weighted by Gasteiger charge is 2.31. The van der Waals surface area contributed by atoms with Crippen molar-refractivity contribution in [2.45, 2.75) is 19.8 Å². The molecule has 0 radical (unpaired) electrons. The van der Waals surface area contributed by atoms with Gasteiger partial charge in [0, 0.05) is 18.5 Å². The molecule has 0 aromatic heterocycles. The lowest BCUT2D eigenvalue weighted by Gasteiger charge is -2.14. The molecule has 170 valence electrons. The molecule has 2 aromatic carbocycles. The van der Waals surface area contributed by atoms with Crippen LogP contribution in [0.5, 0.6) is 5.75 Å². The van der Waals surface area contributed by atoms with Crippen LogP contribution in [-0.4, -0.2) is 38.6 Å². The molecule has 1 fully saturated rings. The standard InChI is InChI=1S/C24H23N3O4S2/c1-16(14-17-6-3-2-4-7-17)15-20-23(31)27(24(32)33-20)13-5-8-21(29)25-26-22(30)18-9-11-19(28)12-10-18/h2-4,6-7,9-12,14-15,28H,5,8,13H2,1H3,(H,25,29)(H,26,30). The summed E-state index contributed by atoms with van der Waals surface area (Å²) in [7, 11) is 0. The summed E-state index contributed by atoms with van der Waals surface area (Å²) in [6.45, 7) is 2.24. The number of amides is 3. The quantitative estimate of drug-likeness (QED) is 0.316. The van der Waals surface area contributed by atoms with E-state index in [9.17, 15) is 19.5 Å². The average molecular weight is 482 g/mol. The monoisotopic (exact) mass is 481 g/mol. The number of phenolic OH excluding ortho intramolecular Hbond substituents is 1. The zero-order valence-electron chi connectivity index (χ0n) is 17.9. The van der Waals surface area contributed by atoms with Gasteiger partial charge in [-0.15, -0.1) is 0 Å². The predicted octanol–water partition coefficient (Wildman–Crippen LogP) is 3.78. The molecule has 3 amide bonds. The molecule has 0 aliphatic carbocycles. The van der Waals surface area contributed by atoms with E-state index in [2.05, 4.69) is 10.9 Å². The van der Waals surface area contributed by atoms with Crippen LogP contribution in [0.2, 0.25) is 0 Å². The van der Waals surface area contributed by atoms with Crippen LogP contribution in [0.1, 0.15) is 35.7 Å². The molecule has 3 rings (SSSR count). The van der Waals surface area contributed by atoms with Gasteiger partial charge in [0.1, 0.15) is 10.1 Å². The third-order valence-electron chi connectivity index (χ3n) is 4.66. The maximum atomic E-state index is 12.7. The number of hydrogen-bond donors (Lipinski definition) is 3. The number of nitrogens with zero attached hydrogens (tertiary/aromatic N) is 1. The number of hydrazine groups is 1. The molecule has 9 heteroatoms. The summed E-state index contributed by atoms with van der Waals surface area (Å²) in [4.78, 5) is 38.8. The van der Waals surface area contributed by atoms with Gasteiger partial charge in [0.05, 0.1) is 4.91 Å². The van der Waals surface area contributed by atoms with Gasteiger partial charge in [-0.05, 0) is 54.8 Å². The minimum Gasteiger partial charge on any atom is -0.508 e. The minimum absolute atomic E-state index is 0.0449. The fourth-order valence-electron chi connectivity index (χ4n) is 3.03. The highest BCUT2D eigenvalue weighted by molar-refractivity contribution is 8.26. The van der Waals surface area contributed by atoms with E-state index in [-0.39, 0.29) is 24.0 Å². The van der Waals surface area contributed by atoms with Crippen LogP contribution in [-0.2, 0) is 9.59 Å². The number of allylic oxidation sites excluding steroid dienone is 2.